The van der Waals surface area contributed by atoms with Gasteiger partial charge in [-0.3, -0.25) is 0 Å². The van der Waals surface area contributed by atoms with E-state index in [4.69, 9.17) is 19.4 Å². The van der Waals surface area contributed by atoms with Crippen molar-refractivity contribution in [3.05, 3.63) is 52.7 Å². The van der Waals surface area contributed by atoms with E-state index in [9.17, 15) is 5.11 Å². The monoisotopic (exact) mass is 480 g/mol. The molecule has 35 heavy (non-hydrogen) atoms. The number of hydrogen-bond acceptors (Lipinski definition) is 7. The van der Waals surface area contributed by atoms with Crippen molar-refractivity contribution in [2.75, 3.05) is 38.7 Å². The first kappa shape index (κ1) is 26.9. The summed E-state index contributed by atoms with van der Waals surface area (Å²) < 4.78 is 11.4. The van der Waals surface area contributed by atoms with Gasteiger partial charge in [0.25, 0.3) is 0 Å². The first-order chi connectivity index (χ1) is 16.7. The Morgan fingerprint density at radius 3 is 2.51 bits per heavy atom. The first-order valence-electron chi connectivity index (χ1n) is 12.3. The molecule has 1 fully saturated rings. The zero-order chi connectivity index (χ0) is 25.5. The Balaban J connectivity index is 2.06. The summed E-state index contributed by atoms with van der Waals surface area (Å²) >= 11 is 0. The summed E-state index contributed by atoms with van der Waals surface area (Å²) in [6.07, 6.45) is 1.31. The molecule has 0 bridgehead atoms. The summed E-state index contributed by atoms with van der Waals surface area (Å²) in [5.41, 5.74) is 7.00. The molecule has 7 heteroatoms. The highest BCUT2D eigenvalue weighted by molar-refractivity contribution is 5.82. The number of anilines is 1. The van der Waals surface area contributed by atoms with Crippen LogP contribution < -0.4 is 15.4 Å². The maximum Gasteiger partial charge on any atom is 0.162 e. The molecule has 3 rings (SSSR count). The Morgan fingerprint density at radius 2 is 1.89 bits per heavy atom. The van der Waals surface area contributed by atoms with E-state index in [0.29, 0.717) is 24.2 Å². The number of likely N-dealkylation sites (N-methyl/N-ethyl adjacent to an activating group) is 1. The number of aliphatic hydroxyl groups excluding tert-OH is 1. The maximum absolute atomic E-state index is 10.0. The standard InChI is InChI=1S/C28H40N4O3/c1-17(2)25(18(3)4)26-20(6)27(30-22-8-10-34-11-9-22)32-28(31-26)21-12-19(5)13-24(14-21)35-16-23(33)15-29-7/h12-14,22-23,29,33H,1,8-11,15-16H2,2-7H3,(H,30,31,32). The molecular formula is C28H40N4O3. The van der Waals surface area contributed by atoms with E-state index < -0.39 is 6.10 Å². The molecule has 2 heterocycles. The fourth-order valence-electron chi connectivity index (χ4n) is 4.38. The molecule has 0 spiro atoms. The van der Waals surface area contributed by atoms with Crippen LogP contribution in [-0.4, -0.2) is 60.6 Å². The zero-order valence-corrected chi connectivity index (χ0v) is 22.0. The molecule has 1 unspecified atom stereocenters. The lowest BCUT2D eigenvalue weighted by atomic mass is 9.96. The van der Waals surface area contributed by atoms with Gasteiger partial charge < -0.3 is 25.2 Å². The fourth-order valence-corrected chi connectivity index (χ4v) is 4.38. The number of ether oxygens (including phenoxy) is 2. The second-order valence-electron chi connectivity index (χ2n) is 9.61. The number of aryl methyl sites for hydroxylation is 1. The molecule has 1 atom stereocenters. The lowest BCUT2D eigenvalue weighted by molar-refractivity contribution is 0.0903. The van der Waals surface area contributed by atoms with Gasteiger partial charge in [-0.05, 0) is 83.8 Å². The van der Waals surface area contributed by atoms with E-state index in [1.54, 1.807) is 7.05 Å². The molecule has 7 nitrogen and oxygen atoms in total. The van der Waals surface area contributed by atoms with E-state index in [2.05, 4.69) is 44.1 Å². The second kappa shape index (κ2) is 12.3. The molecule has 1 aliphatic rings. The minimum absolute atomic E-state index is 0.206. The number of benzene rings is 1. The molecule has 0 amide bonds. The molecule has 1 aromatic heterocycles. The Labute approximate surface area is 209 Å². The average molecular weight is 481 g/mol. The maximum atomic E-state index is 10.0. The van der Waals surface area contributed by atoms with Crippen LogP contribution in [0.3, 0.4) is 0 Å². The molecule has 1 saturated heterocycles. The third-order valence-corrected chi connectivity index (χ3v) is 6.06. The van der Waals surface area contributed by atoms with Crippen molar-refractivity contribution in [2.24, 2.45) is 0 Å². The lowest BCUT2D eigenvalue weighted by Crippen LogP contribution is -2.29. The van der Waals surface area contributed by atoms with Gasteiger partial charge in [0.05, 0.1) is 5.69 Å². The fraction of sp³-hybridized carbons (Fsp3) is 0.500. The molecule has 0 aliphatic carbocycles. The van der Waals surface area contributed by atoms with E-state index in [1.165, 1.54) is 0 Å². The van der Waals surface area contributed by atoms with Crippen molar-refractivity contribution < 1.29 is 14.6 Å². The molecule has 2 aromatic rings. The van der Waals surface area contributed by atoms with Gasteiger partial charge in [0.15, 0.2) is 5.82 Å². The SMILES string of the molecule is C=C(C)C(=C(C)C)c1nc(-c2cc(C)cc(OCC(O)CNC)c2)nc(NC2CCOCC2)c1C. The zero-order valence-electron chi connectivity index (χ0n) is 22.0. The lowest BCUT2D eigenvalue weighted by Gasteiger charge is -2.25. The van der Waals surface area contributed by atoms with Crippen LogP contribution in [0.1, 0.15) is 50.4 Å². The number of aliphatic hydroxyl groups is 1. The van der Waals surface area contributed by atoms with Crippen LogP contribution in [-0.2, 0) is 4.74 Å². The van der Waals surface area contributed by atoms with Crippen LogP contribution in [0.4, 0.5) is 5.82 Å². The molecule has 1 aromatic carbocycles. The normalized spacial score (nSPS) is 14.9. The largest absolute Gasteiger partial charge is 0.491 e. The summed E-state index contributed by atoms with van der Waals surface area (Å²) in [6.45, 7) is 16.7. The highest BCUT2D eigenvalue weighted by Gasteiger charge is 2.21. The van der Waals surface area contributed by atoms with Gasteiger partial charge in [-0.1, -0.05) is 12.2 Å². The van der Waals surface area contributed by atoms with Gasteiger partial charge in [0.1, 0.15) is 24.3 Å². The number of nitrogens with one attached hydrogen (secondary N) is 2. The van der Waals surface area contributed by atoms with Crippen LogP contribution in [0.5, 0.6) is 5.75 Å². The topological polar surface area (TPSA) is 88.5 Å². The molecular weight excluding hydrogens is 440 g/mol. The number of hydrogen-bond donors (Lipinski definition) is 3. The van der Waals surface area contributed by atoms with E-state index in [0.717, 1.165) is 71.0 Å². The smallest absolute Gasteiger partial charge is 0.162 e. The van der Waals surface area contributed by atoms with Crippen LogP contribution in [0, 0.1) is 13.8 Å². The van der Waals surface area contributed by atoms with Gasteiger partial charge >= 0.3 is 0 Å². The van der Waals surface area contributed by atoms with Crippen LogP contribution in [0.15, 0.2) is 35.9 Å². The molecule has 0 saturated carbocycles. The van der Waals surface area contributed by atoms with Crippen molar-refractivity contribution in [3.8, 4) is 17.1 Å². The molecule has 3 N–H and O–H groups in total. The summed E-state index contributed by atoms with van der Waals surface area (Å²) in [6, 6.07) is 6.27. The van der Waals surface area contributed by atoms with Gasteiger partial charge in [-0.2, -0.15) is 0 Å². The van der Waals surface area contributed by atoms with Gasteiger partial charge in [0.2, 0.25) is 0 Å². The summed E-state index contributed by atoms with van der Waals surface area (Å²) in [4.78, 5) is 10.0. The molecule has 0 radical (unpaired) electrons. The predicted octanol–water partition coefficient (Wildman–Crippen LogP) is 4.68. The Bertz CT molecular complexity index is 1070. The Morgan fingerprint density at radius 1 is 1.17 bits per heavy atom. The van der Waals surface area contributed by atoms with E-state index >= 15 is 0 Å². The van der Waals surface area contributed by atoms with Crippen molar-refractivity contribution in [1.29, 1.82) is 0 Å². The van der Waals surface area contributed by atoms with Gasteiger partial charge in [-0.15, -0.1) is 0 Å². The number of rotatable bonds is 10. The minimum Gasteiger partial charge on any atom is -0.491 e. The van der Waals surface area contributed by atoms with Gasteiger partial charge in [-0.25, -0.2) is 9.97 Å². The van der Waals surface area contributed by atoms with Crippen molar-refractivity contribution in [3.63, 3.8) is 0 Å². The van der Waals surface area contributed by atoms with E-state index in [-0.39, 0.29) is 6.61 Å². The quantitative estimate of drug-likeness (QED) is 0.426. The number of aromatic nitrogens is 2. The average Bonchev–Trinajstić information content (AvgIpc) is 2.80. The molecule has 190 valence electrons. The van der Waals surface area contributed by atoms with Crippen molar-refractivity contribution in [2.45, 2.75) is 59.6 Å². The highest BCUT2D eigenvalue weighted by Crippen LogP contribution is 2.33. The number of nitrogens with zero attached hydrogens (tertiary/aromatic N) is 2. The highest BCUT2D eigenvalue weighted by atomic mass is 16.5. The minimum atomic E-state index is -0.586. The van der Waals surface area contributed by atoms with Crippen molar-refractivity contribution in [1.82, 2.24) is 15.3 Å². The summed E-state index contributed by atoms with van der Waals surface area (Å²) in [7, 11) is 1.80. The van der Waals surface area contributed by atoms with Crippen molar-refractivity contribution >= 4 is 11.4 Å². The first-order valence-corrected chi connectivity index (χ1v) is 12.3. The van der Waals surface area contributed by atoms with Crippen LogP contribution in [0.2, 0.25) is 0 Å². The second-order valence-corrected chi connectivity index (χ2v) is 9.61. The summed E-state index contributed by atoms with van der Waals surface area (Å²) in [5.74, 6) is 2.15. The van der Waals surface area contributed by atoms with Crippen LogP contribution in [0.25, 0.3) is 17.0 Å². The van der Waals surface area contributed by atoms with E-state index in [1.807, 2.05) is 26.0 Å². The third kappa shape index (κ3) is 7.13. The Hall–Kier alpha value is -2.74. The number of allylic oxidation sites excluding steroid dienone is 3. The predicted molar refractivity (Wildman–Crippen MR) is 143 cm³/mol. The molecule has 1 aliphatic heterocycles. The Kier molecular flexibility index (Phi) is 9.43. The van der Waals surface area contributed by atoms with Gasteiger partial charge in [0, 0.05) is 42.5 Å². The van der Waals surface area contributed by atoms with Crippen LogP contribution >= 0.6 is 0 Å². The third-order valence-electron chi connectivity index (χ3n) is 6.06. The summed E-state index contributed by atoms with van der Waals surface area (Å²) in [5, 5.41) is 16.7.